The highest BCUT2D eigenvalue weighted by Crippen LogP contribution is 2.27. The van der Waals surface area contributed by atoms with E-state index in [-0.39, 0.29) is 30.5 Å². The summed E-state index contributed by atoms with van der Waals surface area (Å²) in [4.78, 5) is 29.0. The van der Waals surface area contributed by atoms with Crippen LogP contribution in [0.4, 0.5) is 0 Å². The second-order valence-electron chi connectivity index (χ2n) is 7.92. The van der Waals surface area contributed by atoms with Crippen LogP contribution in [-0.2, 0) is 20.9 Å². The Morgan fingerprint density at radius 1 is 1.27 bits per heavy atom. The predicted molar refractivity (Wildman–Crippen MR) is 112 cm³/mol. The third kappa shape index (κ3) is 5.71. The summed E-state index contributed by atoms with van der Waals surface area (Å²) in [6.07, 6.45) is 1.53. The number of amides is 2. The largest absolute Gasteiger partial charge is 0.497 e. The molecule has 0 radical (unpaired) electrons. The van der Waals surface area contributed by atoms with Crippen LogP contribution in [0.5, 0.6) is 5.75 Å². The maximum absolute atomic E-state index is 12.9. The van der Waals surface area contributed by atoms with Crippen molar-refractivity contribution in [1.29, 1.82) is 0 Å². The first-order chi connectivity index (χ1) is 14.5. The Bertz CT molecular complexity index is 720. The van der Waals surface area contributed by atoms with Gasteiger partial charge >= 0.3 is 0 Å². The van der Waals surface area contributed by atoms with E-state index in [2.05, 4.69) is 10.2 Å². The Morgan fingerprint density at radius 3 is 2.73 bits per heavy atom. The molecule has 2 N–H and O–H groups in total. The van der Waals surface area contributed by atoms with E-state index >= 15 is 0 Å². The Kier molecular flexibility index (Phi) is 8.07. The summed E-state index contributed by atoms with van der Waals surface area (Å²) in [5, 5.41) is 13.2. The summed E-state index contributed by atoms with van der Waals surface area (Å²) in [5.74, 6) is 0.707. The van der Waals surface area contributed by atoms with E-state index < -0.39 is 6.10 Å². The number of benzene rings is 1. The standard InChI is InChI=1S/C22H33N3O5/c1-3-30-15-21(27)24-9-7-17(8-10-24)25-14-18(26)12-20(25)22(28)23-13-16-5-4-6-19(11-16)29-2/h4-6,11,17-18,20,26H,3,7-10,12-15H2,1-2H3,(H,23,28)/t18-,20+/m1/s1. The van der Waals surface area contributed by atoms with Gasteiger partial charge in [-0.2, -0.15) is 0 Å². The molecule has 1 aromatic rings. The Balaban J connectivity index is 1.53. The fraction of sp³-hybridized carbons (Fsp3) is 0.636. The molecule has 1 aromatic carbocycles. The molecule has 0 spiro atoms. The summed E-state index contributed by atoms with van der Waals surface area (Å²) < 4.78 is 10.4. The van der Waals surface area contributed by atoms with Gasteiger partial charge in [0.15, 0.2) is 0 Å². The summed E-state index contributed by atoms with van der Waals surface area (Å²) in [5.41, 5.74) is 0.967. The van der Waals surface area contributed by atoms with Gasteiger partial charge in [-0.15, -0.1) is 0 Å². The minimum Gasteiger partial charge on any atom is -0.497 e. The van der Waals surface area contributed by atoms with Crippen molar-refractivity contribution < 1.29 is 24.2 Å². The molecule has 0 aromatic heterocycles. The lowest BCUT2D eigenvalue weighted by Gasteiger charge is -2.38. The highest BCUT2D eigenvalue weighted by atomic mass is 16.5. The summed E-state index contributed by atoms with van der Waals surface area (Å²) >= 11 is 0. The highest BCUT2D eigenvalue weighted by Gasteiger charge is 2.40. The van der Waals surface area contributed by atoms with Crippen LogP contribution in [0.1, 0.15) is 31.7 Å². The number of carbonyl (C=O) groups excluding carboxylic acids is 2. The minimum absolute atomic E-state index is 0.0179. The molecule has 8 heteroatoms. The van der Waals surface area contributed by atoms with Crippen molar-refractivity contribution in [3.63, 3.8) is 0 Å². The number of rotatable bonds is 8. The maximum Gasteiger partial charge on any atom is 0.248 e. The van der Waals surface area contributed by atoms with Gasteiger partial charge < -0.3 is 24.8 Å². The second-order valence-corrected chi connectivity index (χ2v) is 7.92. The first kappa shape index (κ1) is 22.5. The van der Waals surface area contributed by atoms with E-state index in [0.29, 0.717) is 39.2 Å². The lowest BCUT2D eigenvalue weighted by Crippen LogP contribution is -2.52. The molecule has 0 bridgehead atoms. The molecule has 8 nitrogen and oxygen atoms in total. The van der Waals surface area contributed by atoms with E-state index in [4.69, 9.17) is 9.47 Å². The normalized spacial score (nSPS) is 22.8. The lowest BCUT2D eigenvalue weighted by atomic mass is 10.0. The number of piperidine rings is 1. The van der Waals surface area contributed by atoms with Crippen molar-refractivity contribution in [1.82, 2.24) is 15.1 Å². The molecule has 0 aliphatic carbocycles. The SMILES string of the molecule is CCOCC(=O)N1CCC(N2C[C@H](O)C[C@H]2C(=O)NCc2cccc(OC)c2)CC1. The van der Waals surface area contributed by atoms with E-state index in [0.717, 1.165) is 24.2 Å². The lowest BCUT2D eigenvalue weighted by molar-refractivity contribution is -0.138. The Labute approximate surface area is 178 Å². The maximum atomic E-state index is 12.9. The number of hydrogen-bond acceptors (Lipinski definition) is 6. The van der Waals surface area contributed by atoms with Gasteiger partial charge in [-0.1, -0.05) is 12.1 Å². The molecule has 0 saturated carbocycles. The smallest absolute Gasteiger partial charge is 0.248 e. The van der Waals surface area contributed by atoms with Gasteiger partial charge in [0, 0.05) is 38.8 Å². The van der Waals surface area contributed by atoms with Crippen molar-refractivity contribution >= 4 is 11.8 Å². The number of hydrogen-bond donors (Lipinski definition) is 2. The highest BCUT2D eigenvalue weighted by molar-refractivity contribution is 5.82. The summed E-state index contributed by atoms with van der Waals surface area (Å²) in [6.45, 7) is 4.75. The van der Waals surface area contributed by atoms with E-state index in [1.807, 2.05) is 36.1 Å². The molecule has 0 unspecified atom stereocenters. The number of ether oxygens (including phenoxy) is 2. The van der Waals surface area contributed by atoms with Crippen LogP contribution in [0, 0.1) is 0 Å². The van der Waals surface area contributed by atoms with Gasteiger partial charge in [-0.05, 0) is 43.9 Å². The number of aliphatic hydroxyl groups is 1. The number of β-amino-alcohol motifs (C(OH)–C–C–N with tert-alkyl or cyclic N) is 1. The van der Waals surface area contributed by atoms with Crippen LogP contribution >= 0.6 is 0 Å². The summed E-state index contributed by atoms with van der Waals surface area (Å²) in [6, 6.07) is 7.45. The zero-order valence-electron chi connectivity index (χ0n) is 17.9. The van der Waals surface area contributed by atoms with Crippen molar-refractivity contribution in [2.45, 2.75) is 50.9 Å². The molecule has 2 fully saturated rings. The van der Waals surface area contributed by atoms with Crippen molar-refractivity contribution in [3.05, 3.63) is 29.8 Å². The van der Waals surface area contributed by atoms with Crippen LogP contribution in [0.15, 0.2) is 24.3 Å². The van der Waals surface area contributed by atoms with Gasteiger partial charge in [-0.3, -0.25) is 14.5 Å². The first-order valence-corrected chi connectivity index (χ1v) is 10.7. The molecule has 2 aliphatic heterocycles. The fourth-order valence-electron chi connectivity index (χ4n) is 4.32. The van der Waals surface area contributed by atoms with Crippen LogP contribution in [0.25, 0.3) is 0 Å². The monoisotopic (exact) mass is 419 g/mol. The topological polar surface area (TPSA) is 91.3 Å². The predicted octanol–water partition coefficient (Wildman–Crippen LogP) is 0.774. The average Bonchev–Trinajstić information content (AvgIpc) is 3.17. The van der Waals surface area contributed by atoms with E-state index in [9.17, 15) is 14.7 Å². The molecule has 2 aliphatic rings. The molecule has 3 rings (SSSR count). The van der Waals surface area contributed by atoms with Crippen molar-refractivity contribution in [2.75, 3.05) is 40.0 Å². The van der Waals surface area contributed by atoms with Crippen LogP contribution < -0.4 is 10.1 Å². The Hall–Kier alpha value is -2.16. The van der Waals surface area contributed by atoms with Crippen LogP contribution in [0.3, 0.4) is 0 Å². The second kappa shape index (κ2) is 10.7. The number of methoxy groups -OCH3 is 1. The van der Waals surface area contributed by atoms with Gasteiger partial charge in [0.2, 0.25) is 11.8 Å². The molecule has 30 heavy (non-hydrogen) atoms. The number of carbonyl (C=O) groups is 2. The number of likely N-dealkylation sites (tertiary alicyclic amines) is 2. The summed E-state index contributed by atoms with van der Waals surface area (Å²) in [7, 11) is 1.62. The Morgan fingerprint density at radius 2 is 2.03 bits per heavy atom. The molecule has 2 atom stereocenters. The fourth-order valence-corrected chi connectivity index (χ4v) is 4.32. The first-order valence-electron chi connectivity index (χ1n) is 10.7. The van der Waals surface area contributed by atoms with Crippen molar-refractivity contribution in [2.24, 2.45) is 0 Å². The molecule has 166 valence electrons. The molecule has 2 heterocycles. The van der Waals surface area contributed by atoms with E-state index in [1.165, 1.54) is 0 Å². The molecule has 2 amide bonds. The van der Waals surface area contributed by atoms with Crippen molar-refractivity contribution in [3.8, 4) is 5.75 Å². The zero-order chi connectivity index (χ0) is 21.5. The number of aliphatic hydroxyl groups excluding tert-OH is 1. The average molecular weight is 420 g/mol. The quantitative estimate of drug-likeness (QED) is 0.647. The van der Waals surface area contributed by atoms with E-state index in [1.54, 1.807) is 7.11 Å². The molecular weight excluding hydrogens is 386 g/mol. The van der Waals surface area contributed by atoms with Crippen LogP contribution in [-0.4, -0.2) is 84.9 Å². The third-order valence-electron chi connectivity index (χ3n) is 5.94. The molecular formula is C22H33N3O5. The van der Waals surface area contributed by atoms with Gasteiger partial charge in [-0.25, -0.2) is 0 Å². The van der Waals surface area contributed by atoms with Gasteiger partial charge in [0.05, 0.1) is 19.3 Å². The zero-order valence-corrected chi connectivity index (χ0v) is 17.9. The minimum atomic E-state index is -0.504. The third-order valence-corrected chi connectivity index (χ3v) is 5.94. The van der Waals surface area contributed by atoms with Crippen LogP contribution in [0.2, 0.25) is 0 Å². The van der Waals surface area contributed by atoms with Gasteiger partial charge in [0.1, 0.15) is 12.4 Å². The number of nitrogens with zero attached hydrogens (tertiary/aromatic N) is 2. The molecule has 2 saturated heterocycles. The number of nitrogens with one attached hydrogen (secondary N) is 1. The van der Waals surface area contributed by atoms with Gasteiger partial charge in [0.25, 0.3) is 0 Å².